The number of rotatable bonds is 5. The molecule has 0 radical (unpaired) electrons. The molecule has 1 heterocycles. The molecular weight excluding hydrogens is 258 g/mol. The van der Waals surface area contributed by atoms with Gasteiger partial charge in [-0.3, -0.25) is 0 Å². The Bertz CT molecular complexity index is 352. The fraction of sp³-hybridized carbons (Fsp3) is 0.364. The van der Waals surface area contributed by atoms with E-state index in [2.05, 4.69) is 27.5 Å². The first kappa shape index (κ1) is 12.2. The van der Waals surface area contributed by atoms with E-state index in [-0.39, 0.29) is 6.61 Å². The monoisotopic (exact) mass is 271 g/mol. The highest BCUT2D eigenvalue weighted by atomic mass is 79.9. The van der Waals surface area contributed by atoms with E-state index < -0.39 is 0 Å². The predicted octanol–water partition coefficient (Wildman–Crippen LogP) is 2.68. The van der Waals surface area contributed by atoms with E-state index in [0.717, 1.165) is 16.5 Å². The topological polar surface area (TPSA) is 42.4 Å². The molecule has 82 valence electrons. The summed E-state index contributed by atoms with van der Waals surface area (Å²) in [6.45, 7) is 6.20. The van der Waals surface area contributed by atoms with E-state index in [0.29, 0.717) is 18.1 Å². The molecule has 1 aromatic rings. The normalized spacial score (nSPS) is 10.1. The SMILES string of the molecule is C=C(C)CCOc1ncc(Br)cc1CO. The number of nitrogens with zero attached hydrogens (tertiary/aromatic N) is 1. The van der Waals surface area contributed by atoms with Crippen LogP contribution in [0.2, 0.25) is 0 Å². The molecule has 0 aromatic carbocycles. The van der Waals surface area contributed by atoms with Crippen LogP contribution in [0.1, 0.15) is 18.9 Å². The molecule has 15 heavy (non-hydrogen) atoms. The average molecular weight is 272 g/mol. The van der Waals surface area contributed by atoms with Crippen molar-refractivity contribution in [3.05, 3.63) is 34.5 Å². The zero-order chi connectivity index (χ0) is 11.3. The molecule has 0 aliphatic heterocycles. The summed E-state index contributed by atoms with van der Waals surface area (Å²) in [7, 11) is 0. The fourth-order valence-electron chi connectivity index (χ4n) is 1.03. The van der Waals surface area contributed by atoms with E-state index in [1.807, 2.05) is 6.92 Å². The van der Waals surface area contributed by atoms with Gasteiger partial charge in [-0.25, -0.2) is 4.98 Å². The molecule has 0 saturated carbocycles. The number of aromatic nitrogens is 1. The second-order valence-electron chi connectivity index (χ2n) is 3.33. The zero-order valence-electron chi connectivity index (χ0n) is 8.66. The summed E-state index contributed by atoms with van der Waals surface area (Å²) in [5.41, 5.74) is 1.75. The summed E-state index contributed by atoms with van der Waals surface area (Å²) < 4.78 is 6.27. The molecule has 4 heteroatoms. The lowest BCUT2D eigenvalue weighted by atomic mass is 10.2. The molecule has 3 nitrogen and oxygen atoms in total. The van der Waals surface area contributed by atoms with Gasteiger partial charge in [-0.05, 0) is 28.9 Å². The van der Waals surface area contributed by atoms with Crippen molar-refractivity contribution in [3.8, 4) is 5.88 Å². The van der Waals surface area contributed by atoms with Gasteiger partial charge in [0.05, 0.1) is 13.2 Å². The minimum absolute atomic E-state index is 0.0746. The standard InChI is InChI=1S/C11H14BrNO2/c1-8(2)3-4-15-11-9(7-14)5-10(12)6-13-11/h5-6,14H,1,3-4,7H2,2H3. The van der Waals surface area contributed by atoms with Gasteiger partial charge in [0.15, 0.2) is 0 Å². The lowest BCUT2D eigenvalue weighted by molar-refractivity contribution is 0.258. The Morgan fingerprint density at radius 2 is 2.40 bits per heavy atom. The van der Waals surface area contributed by atoms with E-state index in [9.17, 15) is 0 Å². The Kier molecular flexibility index (Phi) is 4.78. The number of pyridine rings is 1. The van der Waals surface area contributed by atoms with Gasteiger partial charge in [0.1, 0.15) is 0 Å². The number of aliphatic hydroxyl groups excluding tert-OH is 1. The minimum Gasteiger partial charge on any atom is -0.477 e. The molecule has 0 aliphatic carbocycles. The van der Waals surface area contributed by atoms with Gasteiger partial charge >= 0.3 is 0 Å². The Morgan fingerprint density at radius 1 is 1.67 bits per heavy atom. The zero-order valence-corrected chi connectivity index (χ0v) is 10.2. The molecule has 0 spiro atoms. The molecule has 0 atom stereocenters. The van der Waals surface area contributed by atoms with Crippen LogP contribution in [0.4, 0.5) is 0 Å². The maximum Gasteiger partial charge on any atom is 0.218 e. The Hall–Kier alpha value is -0.870. The summed E-state index contributed by atoms with van der Waals surface area (Å²) in [6, 6.07) is 1.79. The van der Waals surface area contributed by atoms with Gasteiger partial charge in [-0.2, -0.15) is 0 Å². The first-order chi connectivity index (χ1) is 7.13. The summed E-state index contributed by atoms with van der Waals surface area (Å²) >= 11 is 3.29. The number of halogens is 1. The Labute approximate surface area is 97.9 Å². The van der Waals surface area contributed by atoms with Crippen LogP contribution in [0.25, 0.3) is 0 Å². The van der Waals surface area contributed by atoms with Gasteiger partial charge in [-0.15, -0.1) is 6.58 Å². The molecule has 0 unspecified atom stereocenters. The fourth-order valence-corrected chi connectivity index (χ4v) is 1.41. The van der Waals surface area contributed by atoms with Crippen molar-refractivity contribution in [2.24, 2.45) is 0 Å². The van der Waals surface area contributed by atoms with Crippen molar-refractivity contribution >= 4 is 15.9 Å². The van der Waals surface area contributed by atoms with Crippen LogP contribution >= 0.6 is 15.9 Å². The minimum atomic E-state index is -0.0746. The number of hydrogen-bond acceptors (Lipinski definition) is 3. The summed E-state index contributed by atoms with van der Waals surface area (Å²) in [6.07, 6.45) is 2.44. The smallest absolute Gasteiger partial charge is 0.218 e. The van der Waals surface area contributed by atoms with Crippen molar-refractivity contribution in [1.29, 1.82) is 0 Å². The lowest BCUT2D eigenvalue weighted by Gasteiger charge is -2.08. The second kappa shape index (κ2) is 5.88. The van der Waals surface area contributed by atoms with Crippen LogP contribution in [0.3, 0.4) is 0 Å². The summed E-state index contributed by atoms with van der Waals surface area (Å²) in [5.74, 6) is 0.488. The Morgan fingerprint density at radius 3 is 3.00 bits per heavy atom. The van der Waals surface area contributed by atoms with Crippen molar-refractivity contribution in [1.82, 2.24) is 4.98 Å². The second-order valence-corrected chi connectivity index (χ2v) is 4.25. The first-order valence-corrected chi connectivity index (χ1v) is 5.45. The highest BCUT2D eigenvalue weighted by molar-refractivity contribution is 9.10. The molecule has 0 bridgehead atoms. The van der Waals surface area contributed by atoms with E-state index in [1.54, 1.807) is 12.3 Å². The molecule has 1 N–H and O–H groups in total. The van der Waals surface area contributed by atoms with Crippen LogP contribution in [0.5, 0.6) is 5.88 Å². The third kappa shape index (κ3) is 4.01. The first-order valence-electron chi connectivity index (χ1n) is 4.66. The maximum absolute atomic E-state index is 9.09. The molecular formula is C11H14BrNO2. The van der Waals surface area contributed by atoms with Gasteiger partial charge < -0.3 is 9.84 Å². The average Bonchev–Trinajstić information content (AvgIpc) is 2.19. The summed E-state index contributed by atoms with van der Waals surface area (Å²) in [5, 5.41) is 9.09. The van der Waals surface area contributed by atoms with Gasteiger partial charge in [0, 0.05) is 22.7 Å². The third-order valence-electron chi connectivity index (χ3n) is 1.83. The highest BCUT2D eigenvalue weighted by Gasteiger charge is 2.04. The van der Waals surface area contributed by atoms with E-state index >= 15 is 0 Å². The molecule has 0 saturated heterocycles. The lowest BCUT2D eigenvalue weighted by Crippen LogP contribution is -2.02. The number of ether oxygens (including phenoxy) is 1. The molecule has 0 fully saturated rings. The maximum atomic E-state index is 9.09. The van der Waals surface area contributed by atoms with E-state index in [4.69, 9.17) is 9.84 Å². The quantitative estimate of drug-likeness (QED) is 0.838. The molecule has 1 aromatic heterocycles. The number of hydrogen-bond donors (Lipinski definition) is 1. The van der Waals surface area contributed by atoms with Gasteiger partial charge in [0.25, 0.3) is 0 Å². The van der Waals surface area contributed by atoms with Crippen molar-refractivity contribution in [2.45, 2.75) is 20.0 Å². The third-order valence-corrected chi connectivity index (χ3v) is 2.26. The summed E-state index contributed by atoms with van der Waals surface area (Å²) in [4.78, 5) is 4.09. The van der Waals surface area contributed by atoms with Gasteiger partial charge in [0.2, 0.25) is 5.88 Å². The highest BCUT2D eigenvalue weighted by Crippen LogP contribution is 2.20. The molecule has 1 rings (SSSR count). The predicted molar refractivity (Wildman–Crippen MR) is 62.8 cm³/mol. The van der Waals surface area contributed by atoms with Crippen LogP contribution in [0, 0.1) is 0 Å². The Balaban J connectivity index is 2.63. The van der Waals surface area contributed by atoms with Crippen LogP contribution < -0.4 is 4.74 Å². The number of aliphatic hydroxyl groups is 1. The van der Waals surface area contributed by atoms with Crippen LogP contribution in [-0.4, -0.2) is 16.7 Å². The largest absolute Gasteiger partial charge is 0.477 e. The van der Waals surface area contributed by atoms with Crippen molar-refractivity contribution < 1.29 is 9.84 Å². The van der Waals surface area contributed by atoms with Gasteiger partial charge in [-0.1, -0.05) is 5.57 Å². The van der Waals surface area contributed by atoms with Crippen molar-refractivity contribution in [3.63, 3.8) is 0 Å². The van der Waals surface area contributed by atoms with Crippen LogP contribution in [-0.2, 0) is 6.61 Å². The molecule has 0 amide bonds. The van der Waals surface area contributed by atoms with Crippen molar-refractivity contribution in [2.75, 3.05) is 6.61 Å². The molecule has 0 aliphatic rings. The van der Waals surface area contributed by atoms with Crippen LogP contribution in [0.15, 0.2) is 28.9 Å². The van der Waals surface area contributed by atoms with E-state index in [1.165, 1.54) is 0 Å².